The third-order valence-electron chi connectivity index (χ3n) is 3.51. The summed E-state index contributed by atoms with van der Waals surface area (Å²) < 4.78 is 15.8. The van der Waals surface area contributed by atoms with Crippen molar-refractivity contribution in [3.63, 3.8) is 0 Å². The van der Waals surface area contributed by atoms with Crippen molar-refractivity contribution in [2.24, 2.45) is 5.92 Å². The summed E-state index contributed by atoms with van der Waals surface area (Å²) in [6.07, 6.45) is 0.178. The van der Waals surface area contributed by atoms with Crippen LogP contribution >= 0.6 is 0 Å². The Morgan fingerprint density at radius 2 is 1.90 bits per heavy atom. The molecular weight excluding hydrogens is 274 g/mol. The van der Waals surface area contributed by atoms with E-state index in [0.717, 1.165) is 6.42 Å². The largest absolute Gasteiger partial charge is 0.469 e. The van der Waals surface area contributed by atoms with Crippen molar-refractivity contribution < 1.29 is 23.8 Å². The molecule has 1 rings (SSSR count). The minimum absolute atomic E-state index is 0.122. The molecule has 1 saturated heterocycles. The van der Waals surface area contributed by atoms with Crippen molar-refractivity contribution in [2.45, 2.75) is 71.3 Å². The molecule has 1 N–H and O–H groups in total. The molecule has 0 spiro atoms. The molecule has 6 heteroatoms. The third-order valence-corrected chi connectivity index (χ3v) is 3.51. The van der Waals surface area contributed by atoms with Crippen LogP contribution in [0, 0.1) is 5.92 Å². The average molecular weight is 301 g/mol. The number of nitrogens with one attached hydrogen (secondary N) is 1. The number of rotatable bonds is 3. The molecular formula is C15H27NO5. The van der Waals surface area contributed by atoms with Crippen molar-refractivity contribution in [3.05, 3.63) is 0 Å². The van der Waals surface area contributed by atoms with Gasteiger partial charge in [-0.15, -0.1) is 0 Å². The van der Waals surface area contributed by atoms with Gasteiger partial charge in [0.05, 0.1) is 31.8 Å². The monoisotopic (exact) mass is 301 g/mol. The fraction of sp³-hybridized carbons (Fsp3) is 0.867. The highest BCUT2D eigenvalue weighted by Crippen LogP contribution is 2.27. The molecule has 1 fully saturated rings. The topological polar surface area (TPSA) is 73.9 Å². The molecule has 1 aliphatic heterocycles. The van der Waals surface area contributed by atoms with Crippen molar-refractivity contribution in [3.8, 4) is 0 Å². The molecule has 0 aromatic heterocycles. The zero-order chi connectivity index (χ0) is 16.2. The minimum atomic E-state index is -0.526. The summed E-state index contributed by atoms with van der Waals surface area (Å²) in [5.74, 6) is -0.127. The van der Waals surface area contributed by atoms with E-state index in [1.54, 1.807) is 0 Å². The normalized spacial score (nSPS) is 29.6. The lowest BCUT2D eigenvalue weighted by Crippen LogP contribution is -2.52. The zero-order valence-corrected chi connectivity index (χ0v) is 13.8. The third kappa shape index (κ3) is 5.91. The summed E-state index contributed by atoms with van der Waals surface area (Å²) in [5, 5.41) is 2.84. The maximum absolute atomic E-state index is 11.8. The Kier molecular flexibility index (Phi) is 6.01. The van der Waals surface area contributed by atoms with Crippen LogP contribution in [-0.4, -0.2) is 43.0 Å². The quantitative estimate of drug-likeness (QED) is 0.809. The van der Waals surface area contributed by atoms with Gasteiger partial charge >= 0.3 is 12.1 Å². The van der Waals surface area contributed by atoms with E-state index in [1.807, 2.05) is 34.6 Å². The predicted octanol–water partition coefficient (Wildman–Crippen LogP) is 2.26. The number of hydrogen-bond acceptors (Lipinski definition) is 5. The van der Waals surface area contributed by atoms with Crippen LogP contribution in [0.15, 0.2) is 0 Å². The lowest BCUT2D eigenvalue weighted by Gasteiger charge is -2.39. The van der Waals surface area contributed by atoms with Gasteiger partial charge in [-0.1, -0.05) is 6.92 Å². The van der Waals surface area contributed by atoms with Crippen LogP contribution in [0.5, 0.6) is 0 Å². The minimum Gasteiger partial charge on any atom is -0.469 e. The van der Waals surface area contributed by atoms with E-state index >= 15 is 0 Å². The second-order valence-electron chi connectivity index (χ2n) is 6.63. The number of methoxy groups -OCH3 is 1. The molecule has 0 saturated carbocycles. The second kappa shape index (κ2) is 7.11. The van der Waals surface area contributed by atoms with Gasteiger partial charge in [0.2, 0.25) is 0 Å². The summed E-state index contributed by atoms with van der Waals surface area (Å²) >= 11 is 0. The lowest BCUT2D eigenvalue weighted by molar-refractivity contribution is -0.150. The molecule has 1 amide bonds. The number of carbonyl (C=O) groups excluding carboxylic acids is 2. The van der Waals surface area contributed by atoms with E-state index in [-0.39, 0.29) is 36.6 Å². The van der Waals surface area contributed by atoms with Gasteiger partial charge in [-0.25, -0.2) is 4.79 Å². The van der Waals surface area contributed by atoms with Crippen LogP contribution in [0.3, 0.4) is 0 Å². The van der Waals surface area contributed by atoms with Gasteiger partial charge in [0.25, 0.3) is 0 Å². The fourth-order valence-electron chi connectivity index (χ4n) is 2.38. The number of ether oxygens (including phenoxy) is 3. The molecule has 6 nitrogen and oxygen atoms in total. The van der Waals surface area contributed by atoms with Gasteiger partial charge < -0.3 is 19.5 Å². The molecule has 0 radical (unpaired) electrons. The van der Waals surface area contributed by atoms with Crippen molar-refractivity contribution in [1.82, 2.24) is 5.32 Å². The Bertz CT molecular complexity index is 377. The average Bonchev–Trinajstić information content (AvgIpc) is 2.32. The van der Waals surface area contributed by atoms with Crippen LogP contribution in [0.4, 0.5) is 4.79 Å². The molecule has 4 atom stereocenters. The predicted molar refractivity (Wildman–Crippen MR) is 77.9 cm³/mol. The standard InChI is InChI=1S/C15H27NO5/c1-9-7-11(16-14(18)21-15(3,4)5)10(2)20-12(9)8-13(17)19-6/h9-12H,7-8H2,1-6H3,(H,16,18)/t9-,10+,11+,12-/m0/s1. The SMILES string of the molecule is COC(=O)C[C@@H]1O[C@H](C)[C@H](NC(=O)OC(C)(C)C)C[C@@H]1C. The van der Waals surface area contributed by atoms with Crippen LogP contribution < -0.4 is 5.32 Å². The summed E-state index contributed by atoms with van der Waals surface area (Å²) in [5.41, 5.74) is -0.526. The summed E-state index contributed by atoms with van der Waals surface area (Å²) in [6.45, 7) is 9.36. The van der Waals surface area contributed by atoms with Crippen LogP contribution in [0.2, 0.25) is 0 Å². The summed E-state index contributed by atoms with van der Waals surface area (Å²) in [6, 6.07) is -0.122. The van der Waals surface area contributed by atoms with E-state index in [4.69, 9.17) is 9.47 Å². The van der Waals surface area contributed by atoms with Gasteiger partial charge in [-0.3, -0.25) is 4.79 Å². The molecule has 0 aliphatic carbocycles. The second-order valence-corrected chi connectivity index (χ2v) is 6.63. The van der Waals surface area contributed by atoms with Crippen molar-refractivity contribution in [2.75, 3.05) is 7.11 Å². The highest BCUT2D eigenvalue weighted by molar-refractivity contribution is 5.70. The summed E-state index contributed by atoms with van der Waals surface area (Å²) in [7, 11) is 1.37. The van der Waals surface area contributed by atoms with E-state index in [9.17, 15) is 9.59 Å². The molecule has 1 heterocycles. The Hall–Kier alpha value is -1.30. The maximum Gasteiger partial charge on any atom is 0.407 e. The number of alkyl carbamates (subject to hydrolysis) is 1. The van der Waals surface area contributed by atoms with Crippen molar-refractivity contribution >= 4 is 12.1 Å². The Labute approximate surface area is 126 Å². The van der Waals surface area contributed by atoms with Gasteiger partial charge in [-0.05, 0) is 40.0 Å². The number of amides is 1. The van der Waals surface area contributed by atoms with Gasteiger partial charge in [0.15, 0.2) is 0 Å². The highest BCUT2D eigenvalue weighted by Gasteiger charge is 2.36. The highest BCUT2D eigenvalue weighted by atomic mass is 16.6. The summed E-state index contributed by atoms with van der Waals surface area (Å²) in [4.78, 5) is 23.2. The Balaban J connectivity index is 2.53. The first-order chi connectivity index (χ1) is 9.62. The van der Waals surface area contributed by atoms with Crippen LogP contribution in [-0.2, 0) is 19.0 Å². The molecule has 21 heavy (non-hydrogen) atoms. The van der Waals surface area contributed by atoms with Crippen LogP contribution in [0.25, 0.3) is 0 Å². The zero-order valence-electron chi connectivity index (χ0n) is 13.8. The van der Waals surface area contributed by atoms with E-state index < -0.39 is 11.7 Å². The van der Waals surface area contributed by atoms with E-state index in [1.165, 1.54) is 7.11 Å². The van der Waals surface area contributed by atoms with Gasteiger partial charge in [-0.2, -0.15) is 0 Å². The van der Waals surface area contributed by atoms with Crippen LogP contribution in [0.1, 0.15) is 47.5 Å². The number of carbonyl (C=O) groups is 2. The number of esters is 1. The van der Waals surface area contributed by atoms with E-state index in [2.05, 4.69) is 10.1 Å². The van der Waals surface area contributed by atoms with Gasteiger partial charge in [0, 0.05) is 0 Å². The molecule has 0 bridgehead atoms. The Morgan fingerprint density at radius 1 is 1.29 bits per heavy atom. The first-order valence-electron chi connectivity index (χ1n) is 7.34. The lowest BCUT2D eigenvalue weighted by atomic mass is 9.88. The molecule has 1 aliphatic rings. The van der Waals surface area contributed by atoms with Crippen molar-refractivity contribution in [1.29, 1.82) is 0 Å². The number of hydrogen-bond donors (Lipinski definition) is 1. The first kappa shape index (κ1) is 17.8. The Morgan fingerprint density at radius 3 is 2.43 bits per heavy atom. The first-order valence-corrected chi connectivity index (χ1v) is 7.34. The smallest absolute Gasteiger partial charge is 0.407 e. The molecule has 0 aromatic carbocycles. The molecule has 0 aromatic rings. The molecule has 122 valence electrons. The molecule has 0 unspecified atom stereocenters. The van der Waals surface area contributed by atoms with Gasteiger partial charge in [0.1, 0.15) is 5.60 Å². The fourth-order valence-corrected chi connectivity index (χ4v) is 2.38. The van der Waals surface area contributed by atoms with E-state index in [0.29, 0.717) is 0 Å². The maximum atomic E-state index is 11.8.